The van der Waals surface area contributed by atoms with Crippen molar-refractivity contribution in [1.82, 2.24) is 5.32 Å². The molecule has 0 saturated heterocycles. The van der Waals surface area contributed by atoms with Crippen molar-refractivity contribution in [3.05, 3.63) is 0 Å². The van der Waals surface area contributed by atoms with Crippen LogP contribution in [0.2, 0.25) is 0 Å². The molecule has 4 N–H and O–H groups in total. The van der Waals surface area contributed by atoms with Gasteiger partial charge in [0.1, 0.15) is 6.04 Å². The fraction of sp³-hybridized carbons (Fsp3) is 0.867. The highest BCUT2D eigenvalue weighted by molar-refractivity contribution is 5.83. The summed E-state index contributed by atoms with van der Waals surface area (Å²) in [5, 5.41) is 11.6. The van der Waals surface area contributed by atoms with E-state index in [0.29, 0.717) is 18.9 Å². The Kier molecular flexibility index (Phi) is 7.79. The van der Waals surface area contributed by atoms with Crippen LogP contribution in [0.4, 0.5) is 0 Å². The summed E-state index contributed by atoms with van der Waals surface area (Å²) in [4.78, 5) is 22.9. The summed E-state index contributed by atoms with van der Waals surface area (Å²) in [6.45, 7) is 10.6. The molecule has 1 unspecified atom stereocenters. The largest absolute Gasteiger partial charge is 0.480 e. The number of carboxylic acid groups (broad SMARTS) is 1. The minimum absolute atomic E-state index is 0.101. The van der Waals surface area contributed by atoms with Crippen molar-refractivity contribution in [2.24, 2.45) is 23.0 Å². The lowest BCUT2D eigenvalue weighted by atomic mass is 9.76. The van der Waals surface area contributed by atoms with E-state index in [1.165, 1.54) is 0 Å². The monoisotopic (exact) mass is 286 g/mol. The summed E-state index contributed by atoms with van der Waals surface area (Å²) in [5.74, 6) is -0.945. The van der Waals surface area contributed by atoms with Gasteiger partial charge in [-0.1, -0.05) is 34.6 Å². The molecule has 5 heteroatoms. The number of nitrogens with two attached hydrogens (primary N) is 1. The summed E-state index contributed by atoms with van der Waals surface area (Å²) >= 11 is 0. The van der Waals surface area contributed by atoms with Crippen LogP contribution in [0.15, 0.2) is 0 Å². The molecule has 0 saturated carbocycles. The number of hydrogen-bond donors (Lipinski definition) is 3. The Labute approximate surface area is 122 Å². The Bertz CT molecular complexity index is 322. The average molecular weight is 286 g/mol. The quantitative estimate of drug-likeness (QED) is 0.636. The molecule has 0 bridgehead atoms. The van der Waals surface area contributed by atoms with Gasteiger partial charge in [0.2, 0.25) is 5.91 Å². The maximum absolute atomic E-state index is 11.9. The van der Waals surface area contributed by atoms with Crippen molar-refractivity contribution in [3.8, 4) is 0 Å². The van der Waals surface area contributed by atoms with E-state index < -0.39 is 12.0 Å². The second-order valence-corrected chi connectivity index (χ2v) is 6.81. The Morgan fingerprint density at radius 1 is 1.20 bits per heavy atom. The average Bonchev–Trinajstić information content (AvgIpc) is 2.29. The first-order valence-electron chi connectivity index (χ1n) is 7.31. The number of rotatable bonds is 8. The second-order valence-electron chi connectivity index (χ2n) is 6.81. The minimum atomic E-state index is -0.984. The van der Waals surface area contributed by atoms with Crippen molar-refractivity contribution in [1.29, 1.82) is 0 Å². The first kappa shape index (κ1) is 18.9. The first-order valence-corrected chi connectivity index (χ1v) is 7.31. The number of carbonyl (C=O) groups is 2. The topological polar surface area (TPSA) is 92.4 Å². The zero-order valence-electron chi connectivity index (χ0n) is 13.4. The van der Waals surface area contributed by atoms with Crippen LogP contribution in [0.1, 0.15) is 53.9 Å². The van der Waals surface area contributed by atoms with Gasteiger partial charge in [-0.15, -0.1) is 0 Å². The SMILES string of the molecule is CC(C)[C@@H](NC(=O)CCC(CCN)C(C)(C)C)C(=O)O. The fourth-order valence-corrected chi connectivity index (χ4v) is 2.28. The van der Waals surface area contributed by atoms with Crippen molar-refractivity contribution in [2.45, 2.75) is 59.9 Å². The minimum Gasteiger partial charge on any atom is -0.480 e. The zero-order chi connectivity index (χ0) is 15.9. The van der Waals surface area contributed by atoms with E-state index in [9.17, 15) is 9.59 Å². The molecule has 0 radical (unpaired) electrons. The molecule has 118 valence electrons. The van der Waals surface area contributed by atoms with Gasteiger partial charge in [0, 0.05) is 6.42 Å². The van der Waals surface area contributed by atoms with E-state index in [1.54, 1.807) is 13.8 Å². The Morgan fingerprint density at radius 2 is 1.75 bits per heavy atom. The van der Waals surface area contributed by atoms with Gasteiger partial charge < -0.3 is 16.2 Å². The number of nitrogens with one attached hydrogen (secondary N) is 1. The van der Waals surface area contributed by atoms with Gasteiger partial charge in [0.15, 0.2) is 0 Å². The third-order valence-electron chi connectivity index (χ3n) is 3.71. The van der Waals surface area contributed by atoms with E-state index >= 15 is 0 Å². The van der Waals surface area contributed by atoms with Gasteiger partial charge in [0.25, 0.3) is 0 Å². The lowest BCUT2D eigenvalue weighted by Crippen LogP contribution is -2.44. The fourth-order valence-electron chi connectivity index (χ4n) is 2.28. The molecule has 2 atom stereocenters. The molecule has 20 heavy (non-hydrogen) atoms. The highest BCUT2D eigenvalue weighted by Crippen LogP contribution is 2.32. The van der Waals surface area contributed by atoms with Crippen LogP contribution in [0.25, 0.3) is 0 Å². The Balaban J connectivity index is 4.42. The second kappa shape index (κ2) is 8.25. The number of amides is 1. The summed E-state index contributed by atoms with van der Waals surface area (Å²) < 4.78 is 0. The number of aliphatic carboxylic acids is 1. The number of carbonyl (C=O) groups excluding carboxylic acids is 1. The van der Waals surface area contributed by atoms with Crippen LogP contribution >= 0.6 is 0 Å². The third kappa shape index (κ3) is 6.89. The van der Waals surface area contributed by atoms with E-state index in [-0.39, 0.29) is 17.2 Å². The molecule has 0 aliphatic heterocycles. The Hall–Kier alpha value is -1.10. The van der Waals surface area contributed by atoms with Gasteiger partial charge in [0.05, 0.1) is 0 Å². The molecule has 0 fully saturated rings. The van der Waals surface area contributed by atoms with E-state index in [1.807, 2.05) is 0 Å². The third-order valence-corrected chi connectivity index (χ3v) is 3.71. The summed E-state index contributed by atoms with van der Waals surface area (Å²) in [7, 11) is 0. The molecule has 0 aliphatic rings. The summed E-state index contributed by atoms with van der Waals surface area (Å²) in [6, 6.07) is -0.815. The lowest BCUT2D eigenvalue weighted by molar-refractivity contribution is -0.143. The molecule has 5 nitrogen and oxygen atoms in total. The lowest BCUT2D eigenvalue weighted by Gasteiger charge is -2.30. The van der Waals surface area contributed by atoms with Crippen molar-refractivity contribution in [3.63, 3.8) is 0 Å². The molecule has 0 aliphatic carbocycles. The highest BCUT2D eigenvalue weighted by Gasteiger charge is 2.26. The van der Waals surface area contributed by atoms with E-state index in [4.69, 9.17) is 10.8 Å². The van der Waals surface area contributed by atoms with Crippen LogP contribution in [-0.2, 0) is 9.59 Å². The Morgan fingerprint density at radius 3 is 2.10 bits per heavy atom. The van der Waals surface area contributed by atoms with Crippen LogP contribution in [0.3, 0.4) is 0 Å². The van der Waals surface area contributed by atoms with E-state index in [2.05, 4.69) is 26.1 Å². The normalized spacial score (nSPS) is 14.9. The molecule has 0 spiro atoms. The predicted molar refractivity (Wildman–Crippen MR) is 80.3 cm³/mol. The maximum atomic E-state index is 11.9. The van der Waals surface area contributed by atoms with Gasteiger partial charge in [-0.3, -0.25) is 4.79 Å². The first-order chi connectivity index (χ1) is 9.09. The molecule has 0 rings (SSSR count). The predicted octanol–water partition coefficient (Wildman–Crippen LogP) is 2.00. The summed E-state index contributed by atoms with van der Waals surface area (Å²) in [6.07, 6.45) is 1.96. The van der Waals surface area contributed by atoms with Crippen molar-refractivity contribution in [2.75, 3.05) is 6.54 Å². The van der Waals surface area contributed by atoms with Crippen LogP contribution in [0.5, 0.6) is 0 Å². The maximum Gasteiger partial charge on any atom is 0.326 e. The highest BCUT2D eigenvalue weighted by atomic mass is 16.4. The molecular formula is C15H30N2O3. The van der Waals surface area contributed by atoms with Crippen molar-refractivity contribution < 1.29 is 14.7 Å². The molecule has 0 aromatic heterocycles. The van der Waals surface area contributed by atoms with E-state index in [0.717, 1.165) is 12.8 Å². The van der Waals surface area contributed by atoms with Crippen LogP contribution in [-0.4, -0.2) is 29.6 Å². The molecule has 0 aromatic rings. The molecular weight excluding hydrogens is 256 g/mol. The number of carboxylic acids is 1. The van der Waals surface area contributed by atoms with Gasteiger partial charge in [-0.05, 0) is 36.6 Å². The zero-order valence-corrected chi connectivity index (χ0v) is 13.4. The van der Waals surface area contributed by atoms with Crippen LogP contribution < -0.4 is 11.1 Å². The number of hydrogen-bond acceptors (Lipinski definition) is 3. The van der Waals surface area contributed by atoms with Crippen molar-refractivity contribution >= 4 is 11.9 Å². The van der Waals surface area contributed by atoms with Gasteiger partial charge in [-0.25, -0.2) is 4.79 Å². The smallest absolute Gasteiger partial charge is 0.326 e. The van der Waals surface area contributed by atoms with Gasteiger partial charge >= 0.3 is 5.97 Å². The summed E-state index contributed by atoms with van der Waals surface area (Å²) in [5.41, 5.74) is 5.72. The van der Waals surface area contributed by atoms with Crippen LogP contribution in [0, 0.1) is 17.3 Å². The molecule has 0 heterocycles. The standard InChI is InChI=1S/C15H30N2O3/c1-10(2)13(14(19)20)17-12(18)7-6-11(8-9-16)15(3,4)5/h10-11,13H,6-9,16H2,1-5H3,(H,17,18)(H,19,20)/t11?,13-/m1/s1. The molecule has 0 aromatic carbocycles. The van der Waals surface area contributed by atoms with Gasteiger partial charge in [-0.2, -0.15) is 0 Å². The molecule has 1 amide bonds.